The molecule has 18 heavy (non-hydrogen) atoms. The van der Waals surface area contributed by atoms with Gasteiger partial charge in [-0.1, -0.05) is 19.8 Å². The number of aryl methyl sites for hydroxylation is 1. The molecule has 1 fully saturated rings. The molecule has 1 saturated carbocycles. The van der Waals surface area contributed by atoms with Crippen molar-refractivity contribution in [2.75, 3.05) is 6.54 Å². The van der Waals surface area contributed by atoms with Gasteiger partial charge in [0.25, 0.3) is 0 Å². The molecular weight excluding hydrogens is 228 g/mol. The highest BCUT2D eigenvalue weighted by Gasteiger charge is 2.35. The zero-order valence-corrected chi connectivity index (χ0v) is 11.6. The molecule has 1 aromatic heterocycles. The van der Waals surface area contributed by atoms with Gasteiger partial charge in [0.2, 0.25) is 0 Å². The van der Waals surface area contributed by atoms with E-state index < -0.39 is 0 Å². The molecule has 2 atom stereocenters. The standard InChI is InChI=1S/C13H24N4O/c1-10-5-4-6-13(7-10,9-14)18-8-12-16-15-11(2)17(12)3/h10H,4-9,14H2,1-3H3. The molecule has 2 N–H and O–H groups in total. The average molecular weight is 252 g/mol. The molecule has 0 aliphatic heterocycles. The van der Waals surface area contributed by atoms with Crippen LogP contribution in [-0.4, -0.2) is 26.9 Å². The second kappa shape index (κ2) is 5.36. The van der Waals surface area contributed by atoms with Crippen molar-refractivity contribution in [3.05, 3.63) is 11.6 Å². The van der Waals surface area contributed by atoms with Gasteiger partial charge in [0.1, 0.15) is 12.4 Å². The number of rotatable bonds is 4. The van der Waals surface area contributed by atoms with Crippen molar-refractivity contribution in [3.8, 4) is 0 Å². The summed E-state index contributed by atoms with van der Waals surface area (Å²) in [6.07, 6.45) is 4.61. The van der Waals surface area contributed by atoms with Crippen LogP contribution in [0.3, 0.4) is 0 Å². The molecule has 2 unspecified atom stereocenters. The van der Waals surface area contributed by atoms with E-state index in [-0.39, 0.29) is 5.60 Å². The molecule has 0 amide bonds. The van der Waals surface area contributed by atoms with E-state index in [0.717, 1.165) is 24.5 Å². The largest absolute Gasteiger partial charge is 0.366 e. The Morgan fingerprint density at radius 3 is 2.83 bits per heavy atom. The van der Waals surface area contributed by atoms with Gasteiger partial charge >= 0.3 is 0 Å². The van der Waals surface area contributed by atoms with Gasteiger partial charge in [-0.2, -0.15) is 0 Å². The van der Waals surface area contributed by atoms with E-state index >= 15 is 0 Å². The van der Waals surface area contributed by atoms with Gasteiger partial charge < -0.3 is 15.0 Å². The van der Waals surface area contributed by atoms with Crippen LogP contribution >= 0.6 is 0 Å². The summed E-state index contributed by atoms with van der Waals surface area (Å²) in [5.74, 6) is 2.48. The molecule has 1 heterocycles. The Kier molecular flexibility index (Phi) is 4.02. The maximum Gasteiger partial charge on any atom is 0.158 e. The summed E-state index contributed by atoms with van der Waals surface area (Å²) < 4.78 is 8.09. The van der Waals surface area contributed by atoms with Crippen LogP contribution in [-0.2, 0) is 18.4 Å². The van der Waals surface area contributed by atoms with Crippen LogP contribution in [0.4, 0.5) is 0 Å². The summed E-state index contributed by atoms with van der Waals surface area (Å²) in [4.78, 5) is 0. The first-order chi connectivity index (χ1) is 8.56. The molecule has 102 valence electrons. The van der Waals surface area contributed by atoms with Crippen molar-refractivity contribution in [2.45, 2.75) is 51.7 Å². The third-order valence-corrected chi connectivity index (χ3v) is 4.11. The average Bonchev–Trinajstić information content (AvgIpc) is 2.68. The quantitative estimate of drug-likeness (QED) is 0.883. The van der Waals surface area contributed by atoms with Crippen LogP contribution in [0.15, 0.2) is 0 Å². The molecule has 0 spiro atoms. The first-order valence-corrected chi connectivity index (χ1v) is 6.75. The zero-order valence-electron chi connectivity index (χ0n) is 11.6. The van der Waals surface area contributed by atoms with Crippen molar-refractivity contribution >= 4 is 0 Å². The molecule has 5 heteroatoms. The fraction of sp³-hybridized carbons (Fsp3) is 0.846. The number of ether oxygens (including phenoxy) is 1. The fourth-order valence-corrected chi connectivity index (χ4v) is 2.78. The van der Waals surface area contributed by atoms with Crippen molar-refractivity contribution in [2.24, 2.45) is 18.7 Å². The van der Waals surface area contributed by atoms with E-state index in [9.17, 15) is 0 Å². The summed E-state index contributed by atoms with van der Waals surface area (Å²) in [6, 6.07) is 0. The monoisotopic (exact) mass is 252 g/mol. The topological polar surface area (TPSA) is 66.0 Å². The van der Waals surface area contributed by atoms with Crippen molar-refractivity contribution in [3.63, 3.8) is 0 Å². The van der Waals surface area contributed by atoms with E-state index in [1.807, 2.05) is 18.5 Å². The van der Waals surface area contributed by atoms with E-state index in [1.165, 1.54) is 12.8 Å². The van der Waals surface area contributed by atoms with Crippen LogP contribution in [0.2, 0.25) is 0 Å². The number of hydrogen-bond acceptors (Lipinski definition) is 4. The summed E-state index contributed by atoms with van der Waals surface area (Å²) >= 11 is 0. The first-order valence-electron chi connectivity index (χ1n) is 6.75. The number of aromatic nitrogens is 3. The third kappa shape index (κ3) is 2.72. The molecule has 0 bridgehead atoms. The van der Waals surface area contributed by atoms with Gasteiger partial charge in [0, 0.05) is 13.6 Å². The maximum absolute atomic E-state index is 6.12. The number of nitrogens with two attached hydrogens (primary N) is 1. The molecule has 2 rings (SSSR count). The van der Waals surface area contributed by atoms with Crippen LogP contribution in [0, 0.1) is 12.8 Å². The first kappa shape index (κ1) is 13.5. The Hall–Kier alpha value is -0.940. The smallest absolute Gasteiger partial charge is 0.158 e. The maximum atomic E-state index is 6.12. The predicted octanol–water partition coefficient (Wildman–Crippen LogP) is 1.55. The van der Waals surface area contributed by atoms with E-state index in [2.05, 4.69) is 17.1 Å². The highest BCUT2D eigenvalue weighted by atomic mass is 16.5. The third-order valence-electron chi connectivity index (χ3n) is 4.11. The summed E-state index contributed by atoms with van der Waals surface area (Å²) in [5.41, 5.74) is 5.78. The van der Waals surface area contributed by atoms with Gasteiger partial charge in [-0.05, 0) is 25.7 Å². The Bertz CT molecular complexity index is 404. The van der Waals surface area contributed by atoms with Gasteiger partial charge in [-0.25, -0.2) is 0 Å². The van der Waals surface area contributed by atoms with Crippen LogP contribution in [0.1, 0.15) is 44.3 Å². The molecule has 0 aromatic carbocycles. The normalized spacial score (nSPS) is 28.6. The Balaban J connectivity index is 2.00. The van der Waals surface area contributed by atoms with E-state index in [1.54, 1.807) is 0 Å². The predicted molar refractivity (Wildman–Crippen MR) is 69.9 cm³/mol. The Morgan fingerprint density at radius 1 is 1.50 bits per heavy atom. The number of hydrogen-bond donors (Lipinski definition) is 1. The molecule has 0 radical (unpaired) electrons. The van der Waals surface area contributed by atoms with Crippen LogP contribution in [0.5, 0.6) is 0 Å². The SMILES string of the molecule is Cc1nnc(COC2(CN)CCCC(C)C2)n1C. The lowest BCUT2D eigenvalue weighted by atomic mass is 9.79. The second-order valence-electron chi connectivity index (χ2n) is 5.60. The fourth-order valence-electron chi connectivity index (χ4n) is 2.78. The van der Waals surface area contributed by atoms with Gasteiger partial charge in [-0.3, -0.25) is 0 Å². The highest BCUT2D eigenvalue weighted by Crippen LogP contribution is 2.34. The molecule has 0 saturated heterocycles. The minimum absolute atomic E-state index is 0.155. The van der Waals surface area contributed by atoms with Gasteiger partial charge in [-0.15, -0.1) is 10.2 Å². The van der Waals surface area contributed by atoms with Gasteiger partial charge in [0.15, 0.2) is 5.82 Å². The second-order valence-corrected chi connectivity index (χ2v) is 5.60. The van der Waals surface area contributed by atoms with Crippen LogP contribution in [0.25, 0.3) is 0 Å². The van der Waals surface area contributed by atoms with Crippen LogP contribution < -0.4 is 5.73 Å². The van der Waals surface area contributed by atoms with Gasteiger partial charge in [0.05, 0.1) is 5.60 Å². The molecular formula is C13H24N4O. The lowest BCUT2D eigenvalue weighted by molar-refractivity contribution is -0.0867. The summed E-state index contributed by atoms with van der Waals surface area (Å²) in [5, 5.41) is 8.18. The Labute approximate surface area is 109 Å². The Morgan fingerprint density at radius 2 is 2.28 bits per heavy atom. The lowest BCUT2D eigenvalue weighted by Gasteiger charge is -2.39. The van der Waals surface area contributed by atoms with Crippen molar-refractivity contribution in [1.82, 2.24) is 14.8 Å². The molecule has 1 aliphatic rings. The minimum atomic E-state index is -0.155. The summed E-state index contributed by atoms with van der Waals surface area (Å²) in [7, 11) is 1.96. The molecule has 1 aliphatic carbocycles. The molecule has 1 aromatic rings. The summed E-state index contributed by atoms with van der Waals surface area (Å²) in [6.45, 7) is 5.31. The van der Waals surface area contributed by atoms with Crippen molar-refractivity contribution in [1.29, 1.82) is 0 Å². The van der Waals surface area contributed by atoms with Crippen molar-refractivity contribution < 1.29 is 4.74 Å². The molecule has 5 nitrogen and oxygen atoms in total. The van der Waals surface area contributed by atoms with E-state index in [4.69, 9.17) is 10.5 Å². The number of nitrogens with zero attached hydrogens (tertiary/aromatic N) is 3. The van der Waals surface area contributed by atoms with E-state index in [0.29, 0.717) is 19.1 Å². The highest BCUT2D eigenvalue weighted by molar-refractivity contribution is 4.93. The minimum Gasteiger partial charge on any atom is -0.366 e. The zero-order chi connectivity index (χ0) is 13.2. The lowest BCUT2D eigenvalue weighted by Crippen LogP contribution is -2.44.